The van der Waals surface area contributed by atoms with Crippen molar-refractivity contribution < 1.29 is 9.84 Å². The van der Waals surface area contributed by atoms with Crippen molar-refractivity contribution in [2.75, 3.05) is 0 Å². The zero-order valence-electron chi connectivity index (χ0n) is 10.8. The molecule has 3 nitrogen and oxygen atoms in total. The van der Waals surface area contributed by atoms with Crippen LogP contribution in [-0.4, -0.2) is 10.1 Å². The molecule has 4 heteroatoms. The number of rotatable bonds is 5. The minimum Gasteiger partial charge on any atom is -0.439 e. The maximum atomic E-state index is 9.26. The van der Waals surface area contributed by atoms with E-state index in [-0.39, 0.29) is 6.61 Å². The number of aliphatic hydroxyl groups excluding tert-OH is 1. The Morgan fingerprint density at radius 3 is 2.53 bits per heavy atom. The number of hydrogen-bond donors (Lipinski definition) is 1. The molecule has 0 unspecified atom stereocenters. The largest absolute Gasteiger partial charge is 0.439 e. The summed E-state index contributed by atoms with van der Waals surface area (Å²) in [6.45, 7) is 2.08. The lowest BCUT2D eigenvalue weighted by atomic mass is 10.1. The Morgan fingerprint density at radius 2 is 1.89 bits per heavy atom. The fourth-order valence-corrected chi connectivity index (χ4v) is 1.91. The van der Waals surface area contributed by atoms with E-state index in [2.05, 4.69) is 11.9 Å². The van der Waals surface area contributed by atoms with Gasteiger partial charge in [0.15, 0.2) is 0 Å². The van der Waals surface area contributed by atoms with E-state index in [0.717, 1.165) is 24.1 Å². The molecular weight excluding hydrogens is 262 g/mol. The topological polar surface area (TPSA) is 42.4 Å². The maximum absolute atomic E-state index is 9.26. The van der Waals surface area contributed by atoms with Gasteiger partial charge in [0.05, 0.1) is 6.61 Å². The van der Waals surface area contributed by atoms with Gasteiger partial charge in [0.2, 0.25) is 5.88 Å². The summed E-state index contributed by atoms with van der Waals surface area (Å²) in [5.74, 6) is 1.22. The minimum atomic E-state index is 0.00353. The van der Waals surface area contributed by atoms with E-state index in [9.17, 15) is 5.11 Å². The predicted octanol–water partition coefficient (Wildman–Crippen LogP) is 3.97. The third-order valence-electron chi connectivity index (χ3n) is 2.74. The zero-order chi connectivity index (χ0) is 13.7. The quantitative estimate of drug-likeness (QED) is 0.899. The molecule has 0 aliphatic rings. The van der Waals surface area contributed by atoms with Gasteiger partial charge in [0.1, 0.15) is 5.75 Å². The van der Waals surface area contributed by atoms with Gasteiger partial charge in [-0.15, -0.1) is 0 Å². The fourth-order valence-electron chi connectivity index (χ4n) is 1.79. The molecule has 0 aliphatic carbocycles. The number of halogens is 1. The highest BCUT2D eigenvalue weighted by molar-refractivity contribution is 6.30. The summed E-state index contributed by atoms with van der Waals surface area (Å²) >= 11 is 5.82. The molecule has 100 valence electrons. The molecule has 0 saturated carbocycles. The number of nitrogens with zero attached hydrogens (tertiary/aromatic N) is 1. The first-order valence-electron chi connectivity index (χ1n) is 6.26. The third-order valence-corrected chi connectivity index (χ3v) is 2.99. The maximum Gasteiger partial charge on any atom is 0.219 e. The highest BCUT2D eigenvalue weighted by Gasteiger charge is 2.06. The van der Waals surface area contributed by atoms with E-state index in [1.165, 1.54) is 0 Å². The highest BCUT2D eigenvalue weighted by Crippen LogP contribution is 2.23. The van der Waals surface area contributed by atoms with Gasteiger partial charge >= 0.3 is 0 Å². The highest BCUT2D eigenvalue weighted by atomic mass is 35.5. The molecule has 0 radical (unpaired) electrons. The summed E-state index contributed by atoms with van der Waals surface area (Å²) < 4.78 is 5.67. The van der Waals surface area contributed by atoms with Crippen molar-refractivity contribution >= 4 is 11.6 Å². The van der Waals surface area contributed by atoms with Crippen molar-refractivity contribution in [2.45, 2.75) is 26.4 Å². The Bertz CT molecular complexity index is 540. The second kappa shape index (κ2) is 6.55. The van der Waals surface area contributed by atoms with Crippen molar-refractivity contribution in [1.82, 2.24) is 4.98 Å². The Balaban J connectivity index is 2.20. The van der Waals surface area contributed by atoms with E-state index in [4.69, 9.17) is 16.3 Å². The molecule has 1 aromatic carbocycles. The number of aryl methyl sites for hydroxylation is 1. The van der Waals surface area contributed by atoms with Gasteiger partial charge in [-0.3, -0.25) is 0 Å². The van der Waals surface area contributed by atoms with Crippen LogP contribution in [0.15, 0.2) is 36.4 Å². The third kappa shape index (κ3) is 3.69. The summed E-state index contributed by atoms with van der Waals surface area (Å²) in [4.78, 5) is 4.44. The first-order valence-corrected chi connectivity index (χ1v) is 6.63. The molecule has 0 fully saturated rings. The molecule has 0 bridgehead atoms. The zero-order valence-corrected chi connectivity index (χ0v) is 11.5. The van der Waals surface area contributed by atoms with E-state index in [0.29, 0.717) is 16.7 Å². The summed E-state index contributed by atoms with van der Waals surface area (Å²) in [5.41, 5.74) is 1.74. The molecule has 0 amide bonds. The Kier molecular flexibility index (Phi) is 4.77. The van der Waals surface area contributed by atoms with Crippen LogP contribution in [0, 0.1) is 0 Å². The van der Waals surface area contributed by atoms with Crippen LogP contribution >= 0.6 is 11.6 Å². The van der Waals surface area contributed by atoms with Crippen LogP contribution in [0.2, 0.25) is 5.02 Å². The monoisotopic (exact) mass is 277 g/mol. The Labute approximate surface area is 117 Å². The molecule has 2 rings (SSSR count). The van der Waals surface area contributed by atoms with Crippen LogP contribution in [0.1, 0.15) is 24.6 Å². The van der Waals surface area contributed by atoms with Crippen LogP contribution in [0.3, 0.4) is 0 Å². The van der Waals surface area contributed by atoms with E-state index < -0.39 is 0 Å². The lowest BCUT2D eigenvalue weighted by Crippen LogP contribution is -1.99. The fraction of sp³-hybridized carbons (Fsp3) is 0.267. The van der Waals surface area contributed by atoms with Crippen LogP contribution in [0.5, 0.6) is 11.6 Å². The van der Waals surface area contributed by atoms with Crippen molar-refractivity contribution in [1.29, 1.82) is 0 Å². The summed E-state index contributed by atoms with van der Waals surface area (Å²) in [5, 5.41) is 9.93. The molecule has 0 aliphatic heterocycles. The second-order valence-corrected chi connectivity index (χ2v) is 4.66. The van der Waals surface area contributed by atoms with Gasteiger partial charge in [0.25, 0.3) is 0 Å². The van der Waals surface area contributed by atoms with Gasteiger partial charge in [-0.25, -0.2) is 4.98 Å². The van der Waals surface area contributed by atoms with Crippen molar-refractivity contribution in [3.8, 4) is 11.6 Å². The van der Waals surface area contributed by atoms with Crippen LogP contribution in [0.4, 0.5) is 0 Å². The molecule has 1 N–H and O–H groups in total. The van der Waals surface area contributed by atoms with Crippen molar-refractivity contribution in [2.24, 2.45) is 0 Å². The van der Waals surface area contributed by atoms with E-state index in [1.54, 1.807) is 30.3 Å². The Morgan fingerprint density at radius 1 is 1.16 bits per heavy atom. The lowest BCUT2D eigenvalue weighted by Gasteiger charge is -2.09. The van der Waals surface area contributed by atoms with Gasteiger partial charge in [-0.2, -0.15) is 0 Å². The average molecular weight is 278 g/mol. The SMILES string of the molecule is CCCc1nc(Oc2ccc(Cl)cc2)ccc1CO. The number of ether oxygens (including phenoxy) is 1. The molecular formula is C15H16ClNO2. The smallest absolute Gasteiger partial charge is 0.219 e. The lowest BCUT2D eigenvalue weighted by molar-refractivity contribution is 0.279. The van der Waals surface area contributed by atoms with E-state index >= 15 is 0 Å². The van der Waals surface area contributed by atoms with Crippen molar-refractivity contribution in [3.05, 3.63) is 52.7 Å². The molecule has 0 spiro atoms. The minimum absolute atomic E-state index is 0.00353. The van der Waals surface area contributed by atoms with Gasteiger partial charge < -0.3 is 9.84 Å². The number of benzene rings is 1. The van der Waals surface area contributed by atoms with Gasteiger partial charge in [0, 0.05) is 16.8 Å². The normalized spacial score (nSPS) is 10.5. The molecule has 1 aromatic heterocycles. The van der Waals surface area contributed by atoms with Crippen molar-refractivity contribution in [3.63, 3.8) is 0 Å². The standard InChI is InChI=1S/C15H16ClNO2/c1-2-3-14-11(10-18)4-9-15(17-14)19-13-7-5-12(16)6-8-13/h4-9,18H,2-3,10H2,1H3. The van der Waals surface area contributed by atoms with Gasteiger partial charge in [-0.05, 0) is 42.3 Å². The number of aromatic nitrogens is 1. The van der Waals surface area contributed by atoms with Crippen LogP contribution < -0.4 is 4.74 Å². The first kappa shape index (κ1) is 13.8. The summed E-state index contributed by atoms with van der Waals surface area (Å²) in [6.07, 6.45) is 1.80. The molecule has 19 heavy (non-hydrogen) atoms. The second-order valence-electron chi connectivity index (χ2n) is 4.22. The summed E-state index contributed by atoms with van der Waals surface area (Å²) in [6, 6.07) is 10.7. The number of hydrogen-bond acceptors (Lipinski definition) is 3. The molecule has 1 heterocycles. The number of aliphatic hydroxyl groups is 1. The molecule has 0 atom stereocenters. The van der Waals surface area contributed by atoms with Gasteiger partial charge in [-0.1, -0.05) is 24.9 Å². The summed E-state index contributed by atoms with van der Waals surface area (Å²) in [7, 11) is 0. The first-order chi connectivity index (χ1) is 9.22. The molecule has 2 aromatic rings. The number of pyridine rings is 1. The average Bonchev–Trinajstić information content (AvgIpc) is 2.42. The Hall–Kier alpha value is -1.58. The molecule has 0 saturated heterocycles. The predicted molar refractivity (Wildman–Crippen MR) is 75.7 cm³/mol. The van der Waals surface area contributed by atoms with E-state index in [1.807, 2.05) is 6.07 Å². The van der Waals surface area contributed by atoms with Crippen LogP contribution in [-0.2, 0) is 13.0 Å². The van der Waals surface area contributed by atoms with Crippen LogP contribution in [0.25, 0.3) is 0 Å².